The number of thiophene rings is 1. The lowest BCUT2D eigenvalue weighted by molar-refractivity contribution is 0.0607. The average Bonchev–Trinajstić information content (AvgIpc) is 2.93. The lowest BCUT2D eigenvalue weighted by Gasteiger charge is -2.31. The monoisotopic (exact) mass is 361 g/mol. The minimum atomic E-state index is -3.24. The van der Waals surface area contributed by atoms with Gasteiger partial charge >= 0.3 is 12.0 Å². The maximum atomic E-state index is 12.2. The van der Waals surface area contributed by atoms with Gasteiger partial charge in [-0.2, -0.15) is 0 Å². The highest BCUT2D eigenvalue weighted by Crippen LogP contribution is 2.24. The first-order chi connectivity index (χ1) is 10.8. The molecular formula is C13H19N3O5S2. The largest absolute Gasteiger partial charge is 0.465 e. The molecule has 1 aromatic rings. The van der Waals surface area contributed by atoms with E-state index in [9.17, 15) is 18.0 Å². The third-order valence-corrected chi connectivity index (χ3v) is 5.10. The first-order valence-corrected chi connectivity index (χ1v) is 9.76. The number of nitrogens with zero attached hydrogens (tertiary/aromatic N) is 1. The number of piperidine rings is 1. The molecule has 10 heteroatoms. The Bertz CT molecular complexity index is 678. The predicted molar refractivity (Wildman–Crippen MR) is 87.3 cm³/mol. The summed E-state index contributed by atoms with van der Waals surface area (Å²) >= 11 is 1.19. The lowest BCUT2D eigenvalue weighted by Crippen LogP contribution is -2.47. The molecule has 0 unspecified atom stereocenters. The zero-order chi connectivity index (χ0) is 17.0. The smallest absolute Gasteiger partial charge is 0.350 e. The van der Waals surface area contributed by atoms with Crippen LogP contribution in [-0.4, -0.2) is 57.8 Å². The molecule has 2 heterocycles. The Morgan fingerprint density at radius 2 is 2.00 bits per heavy atom. The molecule has 0 atom stereocenters. The van der Waals surface area contributed by atoms with Crippen LogP contribution in [0.2, 0.25) is 0 Å². The van der Waals surface area contributed by atoms with Crippen LogP contribution in [0.4, 0.5) is 10.5 Å². The molecule has 0 bridgehead atoms. The van der Waals surface area contributed by atoms with Crippen molar-refractivity contribution < 1.29 is 22.7 Å². The molecule has 0 spiro atoms. The SMILES string of the molecule is COC(=O)c1sccc1NC(=O)N1CCC(NS(C)(=O)=O)CC1. The van der Waals surface area contributed by atoms with Gasteiger partial charge in [0.2, 0.25) is 10.0 Å². The Morgan fingerprint density at radius 3 is 2.57 bits per heavy atom. The van der Waals surface area contributed by atoms with Crippen LogP contribution in [0, 0.1) is 0 Å². The molecule has 2 amide bonds. The van der Waals surface area contributed by atoms with E-state index in [1.54, 1.807) is 16.3 Å². The van der Waals surface area contributed by atoms with Gasteiger partial charge in [-0.15, -0.1) is 11.3 Å². The van der Waals surface area contributed by atoms with Crippen LogP contribution in [0.5, 0.6) is 0 Å². The highest BCUT2D eigenvalue weighted by atomic mass is 32.2. The van der Waals surface area contributed by atoms with Crippen molar-refractivity contribution in [2.45, 2.75) is 18.9 Å². The summed E-state index contributed by atoms with van der Waals surface area (Å²) in [7, 11) is -1.95. The summed E-state index contributed by atoms with van der Waals surface area (Å²) in [4.78, 5) is 25.8. The van der Waals surface area contributed by atoms with Crippen molar-refractivity contribution in [3.05, 3.63) is 16.3 Å². The second-order valence-electron chi connectivity index (χ2n) is 5.24. The third-order valence-electron chi connectivity index (χ3n) is 3.44. The highest BCUT2D eigenvalue weighted by Gasteiger charge is 2.25. The fourth-order valence-corrected chi connectivity index (χ4v) is 3.96. The first-order valence-electron chi connectivity index (χ1n) is 6.99. The van der Waals surface area contributed by atoms with Crippen molar-refractivity contribution in [1.82, 2.24) is 9.62 Å². The van der Waals surface area contributed by atoms with Crippen molar-refractivity contribution in [3.63, 3.8) is 0 Å². The number of esters is 1. The van der Waals surface area contributed by atoms with Gasteiger partial charge in [-0.05, 0) is 24.3 Å². The fraction of sp³-hybridized carbons (Fsp3) is 0.538. The van der Waals surface area contributed by atoms with Gasteiger partial charge in [0.1, 0.15) is 4.88 Å². The van der Waals surface area contributed by atoms with Crippen LogP contribution in [0.3, 0.4) is 0 Å². The van der Waals surface area contributed by atoms with E-state index < -0.39 is 16.0 Å². The highest BCUT2D eigenvalue weighted by molar-refractivity contribution is 7.88. The second-order valence-corrected chi connectivity index (χ2v) is 7.93. The normalized spacial score (nSPS) is 16.2. The van der Waals surface area contributed by atoms with Gasteiger partial charge in [-0.3, -0.25) is 0 Å². The van der Waals surface area contributed by atoms with Gasteiger partial charge in [0.05, 0.1) is 19.1 Å². The van der Waals surface area contributed by atoms with Gasteiger partial charge in [-0.25, -0.2) is 22.7 Å². The van der Waals surface area contributed by atoms with Crippen molar-refractivity contribution in [1.29, 1.82) is 0 Å². The predicted octanol–water partition coefficient (Wildman–Crippen LogP) is 1.08. The maximum Gasteiger partial charge on any atom is 0.350 e. The van der Waals surface area contributed by atoms with E-state index in [1.807, 2.05) is 0 Å². The molecule has 0 saturated carbocycles. The van der Waals surface area contributed by atoms with Crippen LogP contribution in [-0.2, 0) is 14.8 Å². The summed E-state index contributed by atoms with van der Waals surface area (Å²) < 4.78 is 29.6. The topological polar surface area (TPSA) is 105 Å². The molecule has 1 aliphatic rings. The molecule has 2 N–H and O–H groups in total. The van der Waals surface area contributed by atoms with E-state index in [-0.39, 0.29) is 12.1 Å². The van der Waals surface area contributed by atoms with Crippen LogP contribution in [0.25, 0.3) is 0 Å². The summed E-state index contributed by atoms with van der Waals surface area (Å²) in [6, 6.07) is 1.18. The number of amides is 2. The van der Waals surface area contributed by atoms with Crippen molar-refractivity contribution in [2.24, 2.45) is 0 Å². The number of hydrogen-bond acceptors (Lipinski definition) is 6. The van der Waals surface area contributed by atoms with Gasteiger partial charge in [0.15, 0.2) is 0 Å². The zero-order valence-corrected chi connectivity index (χ0v) is 14.5. The molecule has 1 fully saturated rings. The Labute approximate surface area is 138 Å². The van der Waals surface area contributed by atoms with Crippen molar-refractivity contribution in [3.8, 4) is 0 Å². The number of nitrogens with one attached hydrogen (secondary N) is 2. The number of carbonyl (C=O) groups is 2. The molecule has 1 aliphatic heterocycles. The average molecular weight is 361 g/mol. The Hall–Kier alpha value is -1.65. The second kappa shape index (κ2) is 7.28. The number of likely N-dealkylation sites (tertiary alicyclic amines) is 1. The van der Waals surface area contributed by atoms with Crippen molar-refractivity contribution in [2.75, 3.05) is 31.8 Å². The standard InChI is InChI=1S/C13H19N3O5S2/c1-21-12(17)11-10(5-8-22-11)14-13(18)16-6-3-9(4-7-16)15-23(2,19)20/h5,8-9,15H,3-4,6-7H2,1-2H3,(H,14,18). The molecule has 2 rings (SSSR count). The quantitative estimate of drug-likeness (QED) is 0.781. The molecule has 0 aromatic carbocycles. The van der Waals surface area contributed by atoms with E-state index in [4.69, 9.17) is 0 Å². The number of ether oxygens (including phenoxy) is 1. The number of sulfonamides is 1. The molecule has 0 aliphatic carbocycles. The lowest BCUT2D eigenvalue weighted by atomic mass is 10.1. The molecule has 1 saturated heterocycles. The number of methoxy groups -OCH3 is 1. The molecule has 1 aromatic heterocycles. The number of carbonyl (C=O) groups excluding carboxylic acids is 2. The van der Waals surface area contributed by atoms with Crippen LogP contribution < -0.4 is 10.0 Å². The molecule has 8 nitrogen and oxygen atoms in total. The number of anilines is 1. The Morgan fingerprint density at radius 1 is 1.35 bits per heavy atom. The molecule has 128 valence electrons. The minimum absolute atomic E-state index is 0.152. The fourth-order valence-electron chi connectivity index (χ4n) is 2.36. The Balaban J connectivity index is 1.91. The summed E-state index contributed by atoms with van der Waals surface area (Å²) in [6.07, 6.45) is 2.22. The molecular weight excluding hydrogens is 342 g/mol. The third kappa shape index (κ3) is 4.91. The van der Waals surface area contributed by atoms with E-state index in [0.717, 1.165) is 6.26 Å². The summed E-state index contributed by atoms with van der Waals surface area (Å²) in [5, 5.41) is 4.40. The maximum absolute atomic E-state index is 12.2. The van der Waals surface area contributed by atoms with E-state index in [2.05, 4.69) is 14.8 Å². The van der Waals surface area contributed by atoms with Crippen LogP contribution in [0.1, 0.15) is 22.5 Å². The number of hydrogen-bond donors (Lipinski definition) is 2. The summed E-state index contributed by atoms with van der Waals surface area (Å²) in [5.41, 5.74) is 0.420. The van der Waals surface area contributed by atoms with Crippen LogP contribution in [0.15, 0.2) is 11.4 Å². The summed E-state index contributed by atoms with van der Waals surface area (Å²) in [5.74, 6) is -0.494. The van der Waals surface area contributed by atoms with E-state index in [1.165, 1.54) is 18.4 Å². The summed E-state index contributed by atoms with van der Waals surface area (Å²) in [6.45, 7) is 0.882. The van der Waals surface area contributed by atoms with E-state index in [0.29, 0.717) is 36.5 Å². The van der Waals surface area contributed by atoms with Gasteiger partial charge in [0.25, 0.3) is 0 Å². The number of rotatable bonds is 4. The first kappa shape index (κ1) is 17.7. The molecule has 23 heavy (non-hydrogen) atoms. The Kier molecular flexibility index (Phi) is 5.60. The van der Waals surface area contributed by atoms with Crippen molar-refractivity contribution >= 4 is 39.0 Å². The van der Waals surface area contributed by atoms with Crippen LogP contribution >= 0.6 is 11.3 Å². The van der Waals surface area contributed by atoms with Gasteiger partial charge in [0, 0.05) is 19.1 Å². The molecule has 0 radical (unpaired) electrons. The van der Waals surface area contributed by atoms with Gasteiger partial charge in [-0.1, -0.05) is 0 Å². The zero-order valence-electron chi connectivity index (χ0n) is 12.9. The van der Waals surface area contributed by atoms with E-state index >= 15 is 0 Å². The minimum Gasteiger partial charge on any atom is -0.465 e. The number of urea groups is 1. The van der Waals surface area contributed by atoms with Gasteiger partial charge < -0.3 is 15.0 Å².